The molecule has 0 spiro atoms. The number of furan rings is 1. The first-order valence-electron chi connectivity index (χ1n) is 10.6. The van der Waals surface area contributed by atoms with Crippen LogP contribution in [0.15, 0.2) is 102 Å². The van der Waals surface area contributed by atoms with Gasteiger partial charge in [-0.15, -0.1) is 0 Å². The highest BCUT2D eigenvalue weighted by Gasteiger charge is 2.19. The molecule has 0 aliphatic carbocycles. The number of allylic oxidation sites excluding steroid dienone is 1. The lowest BCUT2D eigenvalue weighted by Crippen LogP contribution is -1.94. The molecule has 0 radical (unpaired) electrons. The van der Waals surface area contributed by atoms with E-state index < -0.39 is 0 Å². The SMILES string of the molecule is C=C(C)c1ccc(-c2nc(-c3cccc4ccccc34)c3oc4ccccc4c3n2)cc1. The van der Waals surface area contributed by atoms with Gasteiger partial charge in [-0.05, 0) is 35.4 Å². The van der Waals surface area contributed by atoms with Gasteiger partial charge < -0.3 is 4.42 Å². The Labute approximate surface area is 185 Å². The van der Waals surface area contributed by atoms with Gasteiger partial charge in [0.2, 0.25) is 0 Å². The lowest BCUT2D eigenvalue weighted by Gasteiger charge is -2.09. The largest absolute Gasteiger partial charge is 0.452 e. The minimum atomic E-state index is 0.681. The van der Waals surface area contributed by atoms with E-state index in [-0.39, 0.29) is 0 Å². The van der Waals surface area contributed by atoms with Gasteiger partial charge in [-0.25, -0.2) is 9.97 Å². The molecule has 0 bridgehead atoms. The van der Waals surface area contributed by atoms with Gasteiger partial charge in [-0.2, -0.15) is 0 Å². The molecule has 3 heteroatoms. The van der Waals surface area contributed by atoms with Crippen LogP contribution in [0.5, 0.6) is 0 Å². The maximum absolute atomic E-state index is 6.29. The van der Waals surface area contributed by atoms with E-state index in [1.165, 1.54) is 5.39 Å². The lowest BCUT2D eigenvalue weighted by molar-refractivity contribution is 0.667. The number of nitrogens with zero attached hydrogens (tertiary/aromatic N) is 2. The van der Waals surface area contributed by atoms with Gasteiger partial charge in [0.25, 0.3) is 0 Å². The number of fused-ring (bicyclic) bond motifs is 4. The van der Waals surface area contributed by atoms with Crippen molar-refractivity contribution in [2.75, 3.05) is 0 Å². The third kappa shape index (κ3) is 2.90. The van der Waals surface area contributed by atoms with Crippen molar-refractivity contribution in [1.82, 2.24) is 9.97 Å². The highest BCUT2D eigenvalue weighted by molar-refractivity contribution is 6.09. The van der Waals surface area contributed by atoms with E-state index in [1.54, 1.807) is 0 Å². The van der Waals surface area contributed by atoms with Gasteiger partial charge >= 0.3 is 0 Å². The minimum Gasteiger partial charge on any atom is -0.452 e. The standard InChI is InChI=1S/C29H20N2O/c1-18(2)19-14-16-21(17-15-19)29-30-26(23-12-7-9-20-8-3-4-10-22(20)23)28-27(31-29)24-11-5-6-13-25(24)32-28/h3-17H,1H2,2H3. The molecule has 4 aromatic carbocycles. The van der Waals surface area contributed by atoms with E-state index in [2.05, 4.69) is 79.4 Å². The average Bonchev–Trinajstić information content (AvgIpc) is 3.22. The summed E-state index contributed by atoms with van der Waals surface area (Å²) in [5.41, 5.74) is 7.30. The van der Waals surface area contributed by atoms with Crippen molar-refractivity contribution in [3.63, 3.8) is 0 Å². The second kappa shape index (κ2) is 7.17. The summed E-state index contributed by atoms with van der Waals surface area (Å²) in [7, 11) is 0. The van der Waals surface area contributed by atoms with E-state index in [0.29, 0.717) is 11.4 Å². The third-order valence-electron chi connectivity index (χ3n) is 5.90. The van der Waals surface area contributed by atoms with Crippen LogP contribution in [0.4, 0.5) is 0 Å². The summed E-state index contributed by atoms with van der Waals surface area (Å²) < 4.78 is 6.29. The Morgan fingerprint density at radius 2 is 1.47 bits per heavy atom. The number of hydrogen-bond acceptors (Lipinski definition) is 3. The first kappa shape index (κ1) is 18.5. The van der Waals surface area contributed by atoms with Crippen molar-refractivity contribution >= 4 is 38.4 Å². The Kier molecular flexibility index (Phi) is 4.15. The average molecular weight is 412 g/mol. The Morgan fingerprint density at radius 3 is 2.28 bits per heavy atom. The summed E-state index contributed by atoms with van der Waals surface area (Å²) in [6.45, 7) is 6.04. The summed E-state index contributed by atoms with van der Waals surface area (Å²) in [6, 6.07) is 30.9. The number of aromatic nitrogens is 2. The van der Waals surface area contributed by atoms with Crippen molar-refractivity contribution in [1.29, 1.82) is 0 Å². The van der Waals surface area contributed by atoms with Gasteiger partial charge in [-0.3, -0.25) is 0 Å². The number of benzene rings is 4. The zero-order valence-electron chi connectivity index (χ0n) is 17.7. The van der Waals surface area contributed by atoms with Crippen LogP contribution in [0.25, 0.3) is 61.1 Å². The van der Waals surface area contributed by atoms with E-state index in [1.807, 2.05) is 25.1 Å². The highest BCUT2D eigenvalue weighted by atomic mass is 16.3. The van der Waals surface area contributed by atoms with E-state index in [0.717, 1.165) is 49.8 Å². The first-order valence-corrected chi connectivity index (χ1v) is 10.6. The molecule has 0 N–H and O–H groups in total. The molecule has 6 rings (SSSR count). The van der Waals surface area contributed by atoms with Gasteiger partial charge in [0.1, 0.15) is 16.8 Å². The van der Waals surface area contributed by atoms with Crippen LogP contribution in [0.3, 0.4) is 0 Å². The van der Waals surface area contributed by atoms with Crippen molar-refractivity contribution in [2.24, 2.45) is 0 Å². The van der Waals surface area contributed by atoms with Gasteiger partial charge in [0, 0.05) is 16.5 Å². The maximum atomic E-state index is 6.29. The smallest absolute Gasteiger partial charge is 0.180 e. The summed E-state index contributed by atoms with van der Waals surface area (Å²) in [6.07, 6.45) is 0. The second-order valence-electron chi connectivity index (χ2n) is 8.06. The molecule has 152 valence electrons. The Morgan fingerprint density at radius 1 is 0.750 bits per heavy atom. The molecular weight excluding hydrogens is 392 g/mol. The van der Waals surface area contributed by atoms with Crippen molar-refractivity contribution < 1.29 is 4.42 Å². The van der Waals surface area contributed by atoms with Gasteiger partial charge in [0.05, 0.1) is 0 Å². The second-order valence-corrected chi connectivity index (χ2v) is 8.06. The highest BCUT2D eigenvalue weighted by Crippen LogP contribution is 2.38. The fraction of sp³-hybridized carbons (Fsp3) is 0.0345. The minimum absolute atomic E-state index is 0.681. The zero-order valence-corrected chi connectivity index (χ0v) is 17.7. The molecule has 2 heterocycles. The molecule has 0 unspecified atom stereocenters. The lowest BCUT2D eigenvalue weighted by atomic mass is 10.0. The molecule has 2 aromatic heterocycles. The number of rotatable bonds is 3. The summed E-state index contributed by atoms with van der Waals surface area (Å²) in [5, 5.41) is 3.30. The van der Waals surface area contributed by atoms with Crippen molar-refractivity contribution in [2.45, 2.75) is 6.92 Å². The molecule has 0 fully saturated rings. The fourth-order valence-corrected chi connectivity index (χ4v) is 4.24. The van der Waals surface area contributed by atoms with Crippen molar-refractivity contribution in [3.05, 3.63) is 103 Å². The summed E-state index contributed by atoms with van der Waals surface area (Å²) in [5.74, 6) is 0.681. The monoisotopic (exact) mass is 412 g/mol. The topological polar surface area (TPSA) is 38.9 Å². The van der Waals surface area contributed by atoms with Gasteiger partial charge in [0.15, 0.2) is 11.4 Å². The Bertz CT molecular complexity index is 1640. The van der Waals surface area contributed by atoms with Crippen LogP contribution in [-0.4, -0.2) is 9.97 Å². The Hall–Kier alpha value is -4.24. The Balaban J connectivity index is 1.69. The van der Waals surface area contributed by atoms with Crippen LogP contribution in [0.2, 0.25) is 0 Å². The molecule has 0 aliphatic rings. The summed E-state index contributed by atoms with van der Waals surface area (Å²) in [4.78, 5) is 9.98. The predicted octanol–water partition coefficient (Wildman–Crippen LogP) is 7.90. The van der Waals surface area contributed by atoms with Crippen LogP contribution in [-0.2, 0) is 0 Å². The van der Waals surface area contributed by atoms with E-state index in [4.69, 9.17) is 14.4 Å². The van der Waals surface area contributed by atoms with Crippen LogP contribution in [0.1, 0.15) is 12.5 Å². The quantitative estimate of drug-likeness (QED) is 0.296. The molecule has 0 amide bonds. The van der Waals surface area contributed by atoms with E-state index >= 15 is 0 Å². The summed E-state index contributed by atoms with van der Waals surface area (Å²) >= 11 is 0. The third-order valence-corrected chi connectivity index (χ3v) is 5.90. The molecule has 0 saturated heterocycles. The fourth-order valence-electron chi connectivity index (χ4n) is 4.24. The molecule has 3 nitrogen and oxygen atoms in total. The number of hydrogen-bond donors (Lipinski definition) is 0. The molecular formula is C29H20N2O. The predicted molar refractivity (Wildman–Crippen MR) is 132 cm³/mol. The maximum Gasteiger partial charge on any atom is 0.180 e. The molecule has 0 aliphatic heterocycles. The zero-order chi connectivity index (χ0) is 21.7. The normalized spacial score (nSPS) is 11.4. The van der Waals surface area contributed by atoms with Crippen LogP contribution in [0, 0.1) is 0 Å². The molecule has 6 aromatic rings. The molecule has 32 heavy (non-hydrogen) atoms. The number of para-hydroxylation sites is 1. The van der Waals surface area contributed by atoms with E-state index in [9.17, 15) is 0 Å². The van der Waals surface area contributed by atoms with Crippen LogP contribution < -0.4 is 0 Å². The van der Waals surface area contributed by atoms with Gasteiger partial charge in [-0.1, -0.05) is 91.0 Å². The molecule has 0 saturated carbocycles. The molecule has 0 atom stereocenters. The van der Waals surface area contributed by atoms with Crippen LogP contribution >= 0.6 is 0 Å². The van der Waals surface area contributed by atoms with Crippen molar-refractivity contribution in [3.8, 4) is 22.6 Å². The first-order chi connectivity index (χ1) is 15.7.